The second-order valence-electron chi connectivity index (χ2n) is 7.15. The van der Waals surface area contributed by atoms with E-state index in [2.05, 4.69) is 34.9 Å². The number of amides is 2. The van der Waals surface area contributed by atoms with Crippen molar-refractivity contribution in [3.05, 3.63) is 35.9 Å². The largest absolute Gasteiger partial charge is 0.388 e. The molecule has 3 N–H and O–H groups in total. The maximum Gasteiger partial charge on any atom is 0.315 e. The second kappa shape index (κ2) is 7.99. The summed E-state index contributed by atoms with van der Waals surface area (Å²) in [6, 6.07) is 10.5. The maximum absolute atomic E-state index is 12.2. The molecule has 1 saturated carbocycles. The Labute approximate surface area is 143 Å². The quantitative estimate of drug-likeness (QED) is 0.774. The first-order chi connectivity index (χ1) is 11.6. The molecular formula is C19H28N2O3. The third kappa shape index (κ3) is 4.71. The molecule has 2 fully saturated rings. The number of carbonyl (C=O) groups is 1. The summed E-state index contributed by atoms with van der Waals surface area (Å²) in [5, 5.41) is 16.4. The van der Waals surface area contributed by atoms with Gasteiger partial charge in [0.2, 0.25) is 0 Å². The number of ether oxygens (including phenoxy) is 1. The highest BCUT2D eigenvalue weighted by molar-refractivity contribution is 5.74. The first kappa shape index (κ1) is 17.2. The molecular weight excluding hydrogens is 304 g/mol. The van der Waals surface area contributed by atoms with E-state index < -0.39 is 5.60 Å². The molecule has 0 bridgehead atoms. The average molecular weight is 332 g/mol. The normalized spacial score (nSPS) is 26.0. The standard InChI is InChI=1S/C19H28N2O3/c22-18(20-14-19(23)9-11-24-12-10-19)21-17-8-4-7-16(17)13-15-5-2-1-3-6-15/h1-3,5-6,16-17,23H,4,7-14H2,(H2,20,21,22). The van der Waals surface area contributed by atoms with Gasteiger partial charge in [-0.25, -0.2) is 4.79 Å². The molecule has 132 valence electrons. The molecule has 1 aliphatic carbocycles. The van der Waals surface area contributed by atoms with Crippen molar-refractivity contribution in [3.63, 3.8) is 0 Å². The minimum absolute atomic E-state index is 0.167. The topological polar surface area (TPSA) is 70.6 Å². The highest BCUT2D eigenvalue weighted by Crippen LogP contribution is 2.29. The fourth-order valence-electron chi connectivity index (χ4n) is 3.78. The fraction of sp³-hybridized carbons (Fsp3) is 0.632. The van der Waals surface area contributed by atoms with Gasteiger partial charge in [-0.1, -0.05) is 36.8 Å². The van der Waals surface area contributed by atoms with E-state index in [0.717, 1.165) is 25.7 Å². The first-order valence-electron chi connectivity index (χ1n) is 9.03. The van der Waals surface area contributed by atoms with Gasteiger partial charge in [-0.3, -0.25) is 0 Å². The van der Waals surface area contributed by atoms with Crippen molar-refractivity contribution in [2.45, 2.75) is 50.2 Å². The van der Waals surface area contributed by atoms with E-state index >= 15 is 0 Å². The van der Waals surface area contributed by atoms with Crippen LogP contribution < -0.4 is 10.6 Å². The van der Waals surface area contributed by atoms with E-state index in [-0.39, 0.29) is 18.6 Å². The molecule has 3 rings (SSSR count). The lowest BCUT2D eigenvalue weighted by Gasteiger charge is -2.32. The van der Waals surface area contributed by atoms with Crippen LogP contribution in [0.15, 0.2) is 30.3 Å². The Morgan fingerprint density at radius 2 is 1.96 bits per heavy atom. The SMILES string of the molecule is O=C(NCC1(O)CCOCC1)NC1CCCC1Cc1ccccc1. The van der Waals surface area contributed by atoms with Gasteiger partial charge in [0, 0.05) is 38.6 Å². The Kier molecular flexibility index (Phi) is 5.74. The lowest BCUT2D eigenvalue weighted by molar-refractivity contribution is -0.0600. The average Bonchev–Trinajstić information content (AvgIpc) is 3.02. The summed E-state index contributed by atoms with van der Waals surface area (Å²) >= 11 is 0. The van der Waals surface area contributed by atoms with Gasteiger partial charge in [-0.15, -0.1) is 0 Å². The van der Waals surface area contributed by atoms with E-state index in [4.69, 9.17) is 4.74 Å². The van der Waals surface area contributed by atoms with Crippen molar-refractivity contribution in [1.29, 1.82) is 0 Å². The zero-order valence-corrected chi connectivity index (χ0v) is 14.2. The summed E-state index contributed by atoms with van der Waals surface area (Å²) in [6.45, 7) is 1.40. The van der Waals surface area contributed by atoms with Crippen LogP contribution in [0.3, 0.4) is 0 Å². The van der Waals surface area contributed by atoms with E-state index in [1.165, 1.54) is 5.56 Å². The Bertz CT molecular complexity index is 529. The van der Waals surface area contributed by atoms with Crippen molar-refractivity contribution < 1.29 is 14.6 Å². The summed E-state index contributed by atoms with van der Waals surface area (Å²) in [4.78, 5) is 12.2. The number of aliphatic hydroxyl groups is 1. The molecule has 5 nitrogen and oxygen atoms in total. The zero-order valence-electron chi connectivity index (χ0n) is 14.2. The van der Waals surface area contributed by atoms with Gasteiger partial charge in [0.25, 0.3) is 0 Å². The van der Waals surface area contributed by atoms with Gasteiger partial charge in [-0.05, 0) is 30.7 Å². The summed E-state index contributed by atoms with van der Waals surface area (Å²) in [7, 11) is 0. The lowest BCUT2D eigenvalue weighted by atomic mass is 9.94. The molecule has 1 aromatic carbocycles. The number of rotatable bonds is 5. The number of benzene rings is 1. The third-order valence-corrected chi connectivity index (χ3v) is 5.32. The minimum atomic E-state index is -0.825. The van der Waals surface area contributed by atoms with Crippen LogP contribution >= 0.6 is 0 Å². The number of nitrogens with one attached hydrogen (secondary N) is 2. The van der Waals surface area contributed by atoms with Crippen LogP contribution in [-0.2, 0) is 11.2 Å². The van der Waals surface area contributed by atoms with E-state index in [0.29, 0.717) is 32.0 Å². The summed E-state index contributed by atoms with van der Waals surface area (Å²) < 4.78 is 5.26. The van der Waals surface area contributed by atoms with Gasteiger partial charge < -0.3 is 20.5 Å². The minimum Gasteiger partial charge on any atom is -0.388 e. The van der Waals surface area contributed by atoms with Gasteiger partial charge >= 0.3 is 6.03 Å². The molecule has 1 aliphatic heterocycles. The van der Waals surface area contributed by atoms with E-state index in [1.54, 1.807) is 0 Å². The first-order valence-corrected chi connectivity index (χ1v) is 9.03. The molecule has 0 radical (unpaired) electrons. The highest BCUT2D eigenvalue weighted by atomic mass is 16.5. The van der Waals surface area contributed by atoms with Gasteiger partial charge in [0.1, 0.15) is 0 Å². The maximum atomic E-state index is 12.2. The predicted octanol–water partition coefficient (Wildman–Crippen LogP) is 2.24. The zero-order chi connectivity index (χ0) is 16.8. The van der Waals surface area contributed by atoms with Gasteiger partial charge in [-0.2, -0.15) is 0 Å². The van der Waals surface area contributed by atoms with Crippen LogP contribution in [0.1, 0.15) is 37.7 Å². The van der Waals surface area contributed by atoms with Crippen LogP contribution in [0.4, 0.5) is 4.79 Å². The molecule has 2 unspecified atom stereocenters. The van der Waals surface area contributed by atoms with E-state index in [1.807, 2.05) is 6.07 Å². The van der Waals surface area contributed by atoms with Crippen molar-refractivity contribution in [1.82, 2.24) is 10.6 Å². The molecule has 24 heavy (non-hydrogen) atoms. The molecule has 0 spiro atoms. The fourth-order valence-corrected chi connectivity index (χ4v) is 3.78. The third-order valence-electron chi connectivity index (χ3n) is 5.32. The summed E-state index contributed by atoms with van der Waals surface area (Å²) in [6.07, 6.45) is 5.50. The Hall–Kier alpha value is -1.59. The Morgan fingerprint density at radius 3 is 2.71 bits per heavy atom. The molecule has 1 saturated heterocycles. The van der Waals surface area contributed by atoms with Crippen LogP contribution in [0.2, 0.25) is 0 Å². The van der Waals surface area contributed by atoms with Crippen molar-refractivity contribution in [3.8, 4) is 0 Å². The van der Waals surface area contributed by atoms with Crippen LogP contribution in [0.25, 0.3) is 0 Å². The van der Waals surface area contributed by atoms with Crippen LogP contribution in [0, 0.1) is 5.92 Å². The van der Waals surface area contributed by atoms with Crippen LogP contribution in [-0.4, -0.2) is 42.5 Å². The van der Waals surface area contributed by atoms with Gasteiger partial charge in [0.15, 0.2) is 0 Å². The molecule has 2 aliphatic rings. The van der Waals surface area contributed by atoms with Gasteiger partial charge in [0.05, 0.1) is 5.60 Å². The van der Waals surface area contributed by atoms with E-state index in [9.17, 15) is 9.90 Å². The molecule has 1 aromatic rings. The lowest BCUT2D eigenvalue weighted by Crippen LogP contribution is -2.51. The molecule has 0 aromatic heterocycles. The molecule has 1 heterocycles. The summed E-state index contributed by atoms with van der Waals surface area (Å²) in [5.74, 6) is 0.490. The molecule has 2 amide bonds. The summed E-state index contributed by atoms with van der Waals surface area (Å²) in [5.41, 5.74) is 0.502. The van der Waals surface area contributed by atoms with Crippen molar-refractivity contribution >= 4 is 6.03 Å². The molecule has 2 atom stereocenters. The Balaban J connectivity index is 1.46. The van der Waals surface area contributed by atoms with Crippen LogP contribution in [0.5, 0.6) is 0 Å². The second-order valence-corrected chi connectivity index (χ2v) is 7.15. The number of hydrogen-bond donors (Lipinski definition) is 3. The van der Waals surface area contributed by atoms with Crippen molar-refractivity contribution in [2.24, 2.45) is 5.92 Å². The smallest absolute Gasteiger partial charge is 0.315 e. The monoisotopic (exact) mass is 332 g/mol. The number of carbonyl (C=O) groups excluding carboxylic acids is 1. The highest BCUT2D eigenvalue weighted by Gasteiger charge is 2.32. The molecule has 5 heteroatoms. The Morgan fingerprint density at radius 1 is 1.21 bits per heavy atom. The number of urea groups is 1. The number of hydrogen-bond acceptors (Lipinski definition) is 3. The predicted molar refractivity (Wildman–Crippen MR) is 92.8 cm³/mol. The van der Waals surface area contributed by atoms with Crippen molar-refractivity contribution in [2.75, 3.05) is 19.8 Å².